The molecule has 1 aliphatic rings. The molecule has 2 rings (SSSR count). The molecule has 20 heavy (non-hydrogen) atoms. The number of urea groups is 1. The highest BCUT2D eigenvalue weighted by Gasteiger charge is 2.37. The first kappa shape index (κ1) is 14.9. The zero-order valence-corrected chi connectivity index (χ0v) is 12.3. The standard InChI is InChI=1S/C13H14Cl2N2O3/c1-7-5-17(6-8(7)12(18)19)13(20)16-11-9(14)3-2-4-10(11)15/h2-4,7-8H,5-6H2,1H3,(H,16,20)(H,18,19)/t7-,8-/m1/s1. The fourth-order valence-electron chi connectivity index (χ4n) is 2.26. The van der Waals surface area contributed by atoms with Gasteiger partial charge in [0.25, 0.3) is 0 Å². The first-order valence-corrected chi connectivity index (χ1v) is 6.88. The number of amides is 2. The lowest BCUT2D eigenvalue weighted by atomic mass is 9.99. The summed E-state index contributed by atoms with van der Waals surface area (Å²) in [5, 5.41) is 12.4. The van der Waals surface area contributed by atoms with Gasteiger partial charge in [-0.1, -0.05) is 36.2 Å². The van der Waals surface area contributed by atoms with Gasteiger partial charge in [0.15, 0.2) is 0 Å². The van der Waals surface area contributed by atoms with E-state index in [0.29, 0.717) is 22.3 Å². The third-order valence-corrected chi connectivity index (χ3v) is 4.04. The Morgan fingerprint density at radius 1 is 1.30 bits per heavy atom. The van der Waals surface area contributed by atoms with E-state index in [9.17, 15) is 9.59 Å². The molecule has 0 radical (unpaired) electrons. The summed E-state index contributed by atoms with van der Waals surface area (Å²) in [7, 11) is 0. The highest BCUT2D eigenvalue weighted by atomic mass is 35.5. The fourth-order valence-corrected chi connectivity index (χ4v) is 2.75. The van der Waals surface area contributed by atoms with Crippen molar-refractivity contribution in [3.8, 4) is 0 Å². The number of hydrogen-bond acceptors (Lipinski definition) is 2. The van der Waals surface area contributed by atoms with E-state index in [1.165, 1.54) is 4.90 Å². The summed E-state index contributed by atoms with van der Waals surface area (Å²) in [5.41, 5.74) is 0.340. The molecule has 1 aromatic carbocycles. The summed E-state index contributed by atoms with van der Waals surface area (Å²) < 4.78 is 0. The number of halogens is 2. The number of aliphatic carboxylic acids is 1. The lowest BCUT2D eigenvalue weighted by molar-refractivity contribution is -0.142. The van der Waals surface area contributed by atoms with E-state index in [-0.39, 0.29) is 12.5 Å². The molecule has 2 atom stereocenters. The number of carbonyl (C=O) groups is 2. The van der Waals surface area contributed by atoms with Gasteiger partial charge in [0.2, 0.25) is 0 Å². The number of carboxylic acid groups (broad SMARTS) is 1. The predicted molar refractivity (Wildman–Crippen MR) is 77.3 cm³/mol. The molecule has 5 nitrogen and oxygen atoms in total. The maximum Gasteiger partial charge on any atom is 0.321 e. The predicted octanol–water partition coefficient (Wildman–Crippen LogP) is 3.18. The van der Waals surface area contributed by atoms with Crippen LogP contribution in [-0.4, -0.2) is 35.1 Å². The largest absolute Gasteiger partial charge is 0.481 e. The molecule has 0 bridgehead atoms. The average molecular weight is 317 g/mol. The zero-order valence-electron chi connectivity index (χ0n) is 10.8. The van der Waals surface area contributed by atoms with Crippen molar-refractivity contribution >= 4 is 40.9 Å². The number of benzene rings is 1. The van der Waals surface area contributed by atoms with E-state index in [0.717, 1.165) is 0 Å². The SMILES string of the molecule is C[C@@H]1CN(C(=O)Nc2c(Cl)cccc2Cl)C[C@H]1C(=O)O. The summed E-state index contributed by atoms with van der Waals surface area (Å²) in [4.78, 5) is 24.6. The molecule has 0 unspecified atom stereocenters. The van der Waals surface area contributed by atoms with Crippen LogP contribution in [0.1, 0.15) is 6.92 Å². The van der Waals surface area contributed by atoms with Crippen LogP contribution in [0.15, 0.2) is 18.2 Å². The fraction of sp³-hybridized carbons (Fsp3) is 0.385. The Bertz CT molecular complexity index is 530. The molecular weight excluding hydrogens is 303 g/mol. The number of nitrogens with one attached hydrogen (secondary N) is 1. The second-order valence-corrected chi connectivity index (χ2v) is 5.67. The molecule has 0 aliphatic carbocycles. The summed E-state index contributed by atoms with van der Waals surface area (Å²) in [6, 6.07) is 4.53. The van der Waals surface area contributed by atoms with Gasteiger partial charge < -0.3 is 15.3 Å². The van der Waals surface area contributed by atoms with E-state index in [2.05, 4.69) is 5.32 Å². The van der Waals surface area contributed by atoms with Gasteiger partial charge in [-0.05, 0) is 18.1 Å². The Morgan fingerprint density at radius 3 is 2.40 bits per heavy atom. The normalized spacial score (nSPS) is 21.9. The van der Waals surface area contributed by atoms with Crippen molar-refractivity contribution in [2.75, 3.05) is 18.4 Å². The van der Waals surface area contributed by atoms with Crippen LogP contribution in [0.4, 0.5) is 10.5 Å². The van der Waals surface area contributed by atoms with Crippen LogP contribution in [0.5, 0.6) is 0 Å². The van der Waals surface area contributed by atoms with E-state index >= 15 is 0 Å². The number of para-hydroxylation sites is 1. The Balaban J connectivity index is 2.08. The first-order valence-electron chi connectivity index (χ1n) is 6.13. The van der Waals surface area contributed by atoms with Crippen LogP contribution in [0.25, 0.3) is 0 Å². The third-order valence-electron chi connectivity index (χ3n) is 3.41. The van der Waals surface area contributed by atoms with Gasteiger partial charge in [-0.2, -0.15) is 0 Å². The van der Waals surface area contributed by atoms with E-state index < -0.39 is 17.9 Å². The minimum atomic E-state index is -0.886. The molecule has 1 heterocycles. The van der Waals surface area contributed by atoms with Crippen LogP contribution >= 0.6 is 23.2 Å². The molecule has 7 heteroatoms. The van der Waals surface area contributed by atoms with Crippen LogP contribution in [0.2, 0.25) is 10.0 Å². The van der Waals surface area contributed by atoms with E-state index in [4.69, 9.17) is 28.3 Å². The van der Waals surface area contributed by atoms with Crippen molar-refractivity contribution < 1.29 is 14.7 Å². The molecule has 108 valence electrons. The Labute approximate surface area is 126 Å². The number of nitrogens with zero attached hydrogens (tertiary/aromatic N) is 1. The lowest BCUT2D eigenvalue weighted by Crippen LogP contribution is -2.34. The van der Waals surface area contributed by atoms with Crippen molar-refractivity contribution in [2.45, 2.75) is 6.92 Å². The molecule has 1 aliphatic heterocycles. The number of anilines is 1. The summed E-state index contributed by atoms with van der Waals surface area (Å²) in [6.07, 6.45) is 0. The van der Waals surface area contributed by atoms with Crippen LogP contribution in [0, 0.1) is 11.8 Å². The highest BCUT2D eigenvalue weighted by Crippen LogP contribution is 2.31. The highest BCUT2D eigenvalue weighted by molar-refractivity contribution is 6.39. The molecule has 2 N–H and O–H groups in total. The molecule has 2 amide bonds. The Kier molecular flexibility index (Phi) is 4.40. The van der Waals surface area contributed by atoms with Crippen molar-refractivity contribution in [3.05, 3.63) is 28.2 Å². The monoisotopic (exact) mass is 316 g/mol. The smallest absolute Gasteiger partial charge is 0.321 e. The number of likely N-dealkylation sites (tertiary alicyclic amines) is 1. The lowest BCUT2D eigenvalue weighted by Gasteiger charge is -2.18. The molecule has 0 aromatic heterocycles. The maximum atomic E-state index is 12.1. The summed E-state index contributed by atoms with van der Waals surface area (Å²) in [5.74, 6) is -1.51. The second kappa shape index (κ2) is 5.89. The number of hydrogen-bond donors (Lipinski definition) is 2. The van der Waals surface area contributed by atoms with Gasteiger partial charge in [0.1, 0.15) is 0 Å². The summed E-state index contributed by atoms with van der Waals surface area (Å²) >= 11 is 12.0. The maximum absolute atomic E-state index is 12.1. The van der Waals surface area contributed by atoms with Gasteiger partial charge in [0.05, 0.1) is 21.7 Å². The Morgan fingerprint density at radius 2 is 1.90 bits per heavy atom. The van der Waals surface area contributed by atoms with E-state index in [1.54, 1.807) is 18.2 Å². The van der Waals surface area contributed by atoms with Crippen molar-refractivity contribution in [3.63, 3.8) is 0 Å². The average Bonchev–Trinajstić information content (AvgIpc) is 2.76. The summed E-state index contributed by atoms with van der Waals surface area (Å²) in [6.45, 7) is 2.39. The van der Waals surface area contributed by atoms with Gasteiger partial charge >= 0.3 is 12.0 Å². The molecule has 0 saturated carbocycles. The number of carbonyl (C=O) groups excluding carboxylic acids is 1. The second-order valence-electron chi connectivity index (χ2n) is 4.85. The van der Waals surface area contributed by atoms with Gasteiger partial charge in [-0.25, -0.2) is 4.79 Å². The van der Waals surface area contributed by atoms with Gasteiger partial charge in [0, 0.05) is 13.1 Å². The minimum absolute atomic E-state index is 0.0834. The van der Waals surface area contributed by atoms with Gasteiger partial charge in [-0.15, -0.1) is 0 Å². The topological polar surface area (TPSA) is 69.6 Å². The van der Waals surface area contributed by atoms with Crippen molar-refractivity contribution in [1.29, 1.82) is 0 Å². The van der Waals surface area contributed by atoms with Gasteiger partial charge in [-0.3, -0.25) is 4.79 Å². The minimum Gasteiger partial charge on any atom is -0.481 e. The van der Waals surface area contributed by atoms with Crippen LogP contribution in [0.3, 0.4) is 0 Å². The molecular formula is C13H14Cl2N2O3. The van der Waals surface area contributed by atoms with Crippen molar-refractivity contribution in [2.24, 2.45) is 11.8 Å². The van der Waals surface area contributed by atoms with Crippen LogP contribution < -0.4 is 5.32 Å². The van der Waals surface area contributed by atoms with Crippen LogP contribution in [-0.2, 0) is 4.79 Å². The first-order chi connectivity index (χ1) is 9.40. The molecule has 1 aromatic rings. The third kappa shape index (κ3) is 2.99. The Hall–Kier alpha value is -1.46. The number of rotatable bonds is 2. The molecule has 0 spiro atoms. The quantitative estimate of drug-likeness (QED) is 0.880. The molecule has 1 saturated heterocycles. The number of carboxylic acids is 1. The van der Waals surface area contributed by atoms with E-state index in [1.807, 2.05) is 6.92 Å². The zero-order chi connectivity index (χ0) is 14.9. The molecule has 1 fully saturated rings. The van der Waals surface area contributed by atoms with Crippen molar-refractivity contribution in [1.82, 2.24) is 4.90 Å².